The summed E-state index contributed by atoms with van der Waals surface area (Å²) < 4.78 is 0. The molecule has 5 heteroatoms. The minimum absolute atomic E-state index is 0.179. The van der Waals surface area contributed by atoms with Crippen molar-refractivity contribution < 1.29 is 9.59 Å². The molecule has 0 saturated carbocycles. The van der Waals surface area contributed by atoms with Gasteiger partial charge < -0.3 is 10.2 Å². The molecule has 0 aliphatic carbocycles. The predicted molar refractivity (Wildman–Crippen MR) is 101 cm³/mol. The van der Waals surface area contributed by atoms with E-state index in [1.807, 2.05) is 48.5 Å². The second-order valence-corrected chi connectivity index (χ2v) is 6.17. The number of nitrogens with one attached hydrogen (secondary N) is 1. The molecule has 4 nitrogen and oxygen atoms in total. The highest BCUT2D eigenvalue weighted by Crippen LogP contribution is 2.16. The van der Waals surface area contributed by atoms with Crippen LogP contribution in [0.3, 0.4) is 0 Å². The highest BCUT2D eigenvalue weighted by Gasteiger charge is 2.19. The van der Waals surface area contributed by atoms with Crippen LogP contribution in [0.5, 0.6) is 0 Å². The Bertz CT molecular complexity index is 759. The van der Waals surface area contributed by atoms with Crippen LogP contribution >= 0.6 is 11.6 Å². The maximum atomic E-state index is 12.4. The largest absolute Gasteiger partial charge is 0.341 e. The average molecular weight is 357 g/mol. The molecule has 2 amide bonds. The number of amides is 2. The fourth-order valence-corrected chi connectivity index (χ4v) is 2.55. The number of benzene rings is 2. The van der Waals surface area contributed by atoms with Crippen LogP contribution in [0.1, 0.15) is 18.1 Å². The number of hydrogen-bond donors (Lipinski definition) is 1. The number of hydrogen-bond acceptors (Lipinski definition) is 2. The van der Waals surface area contributed by atoms with E-state index in [2.05, 4.69) is 5.32 Å². The lowest BCUT2D eigenvalue weighted by Gasteiger charge is -2.22. The monoisotopic (exact) mass is 356 g/mol. The van der Waals surface area contributed by atoms with Crippen molar-refractivity contribution in [1.82, 2.24) is 10.2 Å². The zero-order valence-electron chi connectivity index (χ0n) is 14.3. The predicted octanol–water partition coefficient (Wildman–Crippen LogP) is 3.52. The van der Waals surface area contributed by atoms with Crippen molar-refractivity contribution in [3.63, 3.8) is 0 Å². The van der Waals surface area contributed by atoms with E-state index < -0.39 is 6.04 Å². The van der Waals surface area contributed by atoms with Crippen LogP contribution in [0.2, 0.25) is 5.02 Å². The molecule has 1 unspecified atom stereocenters. The Hall–Kier alpha value is -2.59. The van der Waals surface area contributed by atoms with Crippen LogP contribution in [-0.2, 0) is 16.1 Å². The lowest BCUT2D eigenvalue weighted by atomic mass is 10.2. The smallest absolute Gasteiger partial charge is 0.244 e. The van der Waals surface area contributed by atoms with Gasteiger partial charge in [0.1, 0.15) is 6.04 Å². The summed E-state index contributed by atoms with van der Waals surface area (Å²) in [5, 5.41) is 3.30. The van der Waals surface area contributed by atoms with Gasteiger partial charge in [-0.2, -0.15) is 0 Å². The van der Waals surface area contributed by atoms with Crippen molar-refractivity contribution in [3.05, 3.63) is 76.8 Å². The van der Waals surface area contributed by atoms with Gasteiger partial charge in [-0.1, -0.05) is 60.1 Å². The third-order valence-electron chi connectivity index (χ3n) is 3.70. The van der Waals surface area contributed by atoms with Crippen LogP contribution in [0.25, 0.3) is 6.08 Å². The summed E-state index contributed by atoms with van der Waals surface area (Å²) in [4.78, 5) is 25.9. The Morgan fingerprint density at radius 1 is 1.12 bits per heavy atom. The Morgan fingerprint density at radius 3 is 2.44 bits per heavy atom. The van der Waals surface area contributed by atoms with Gasteiger partial charge in [0.2, 0.25) is 11.8 Å². The van der Waals surface area contributed by atoms with E-state index in [1.54, 1.807) is 31.0 Å². The maximum Gasteiger partial charge on any atom is 0.244 e. The van der Waals surface area contributed by atoms with Crippen molar-refractivity contribution in [3.8, 4) is 0 Å². The van der Waals surface area contributed by atoms with Gasteiger partial charge in [-0.25, -0.2) is 0 Å². The average Bonchev–Trinajstić information content (AvgIpc) is 2.62. The van der Waals surface area contributed by atoms with Crippen molar-refractivity contribution in [2.75, 3.05) is 7.05 Å². The fourth-order valence-electron chi connectivity index (χ4n) is 2.35. The first-order valence-electron chi connectivity index (χ1n) is 7.99. The molecular weight excluding hydrogens is 336 g/mol. The summed E-state index contributed by atoms with van der Waals surface area (Å²) in [7, 11) is 1.69. The number of likely N-dealkylation sites (N-methyl/N-ethyl adjacent to an activating group) is 1. The van der Waals surface area contributed by atoms with Gasteiger partial charge >= 0.3 is 0 Å². The number of carbonyl (C=O) groups is 2. The number of carbonyl (C=O) groups excluding carboxylic acids is 2. The molecule has 0 fully saturated rings. The topological polar surface area (TPSA) is 49.4 Å². The van der Waals surface area contributed by atoms with Crippen LogP contribution < -0.4 is 5.32 Å². The van der Waals surface area contributed by atoms with Crippen LogP contribution in [0.15, 0.2) is 60.7 Å². The third-order valence-corrected chi connectivity index (χ3v) is 4.07. The second kappa shape index (κ2) is 9.04. The molecule has 0 heterocycles. The van der Waals surface area contributed by atoms with Gasteiger partial charge in [0.25, 0.3) is 0 Å². The van der Waals surface area contributed by atoms with Gasteiger partial charge in [-0.3, -0.25) is 9.59 Å². The molecule has 130 valence electrons. The van der Waals surface area contributed by atoms with Gasteiger partial charge in [-0.15, -0.1) is 0 Å². The van der Waals surface area contributed by atoms with Gasteiger partial charge in [0, 0.05) is 24.7 Å². The third kappa shape index (κ3) is 5.76. The zero-order chi connectivity index (χ0) is 18.2. The summed E-state index contributed by atoms with van der Waals surface area (Å²) in [6, 6.07) is 16.3. The standard InChI is InChI=1S/C20H21ClN2O2/c1-15(22-19(24)13-12-16-8-4-3-5-9-16)20(25)23(2)14-17-10-6-7-11-18(17)21/h3-13,15H,14H2,1-2H3,(H,22,24). The number of nitrogens with zero attached hydrogens (tertiary/aromatic N) is 1. The van der Waals surface area contributed by atoms with Crippen molar-refractivity contribution >= 4 is 29.5 Å². The molecule has 2 rings (SSSR count). The second-order valence-electron chi connectivity index (χ2n) is 5.76. The lowest BCUT2D eigenvalue weighted by molar-refractivity contribution is -0.134. The minimum Gasteiger partial charge on any atom is -0.341 e. The van der Waals surface area contributed by atoms with Gasteiger partial charge in [0.05, 0.1) is 0 Å². The number of rotatable bonds is 6. The van der Waals surface area contributed by atoms with Crippen molar-refractivity contribution in [1.29, 1.82) is 0 Å². The first kappa shape index (κ1) is 18.7. The first-order chi connectivity index (χ1) is 12.0. The first-order valence-corrected chi connectivity index (χ1v) is 8.37. The van der Waals surface area contributed by atoms with Crippen LogP contribution in [0.4, 0.5) is 0 Å². The molecule has 0 spiro atoms. The number of halogens is 1. The maximum absolute atomic E-state index is 12.4. The molecule has 1 N–H and O–H groups in total. The van der Waals surface area contributed by atoms with E-state index in [1.165, 1.54) is 6.08 Å². The summed E-state index contributed by atoms with van der Waals surface area (Å²) in [6.07, 6.45) is 3.13. The van der Waals surface area contributed by atoms with Gasteiger partial charge in [-0.05, 0) is 30.2 Å². The summed E-state index contributed by atoms with van der Waals surface area (Å²) in [6.45, 7) is 2.05. The quantitative estimate of drug-likeness (QED) is 0.805. The molecule has 2 aromatic carbocycles. The van der Waals surface area contributed by atoms with E-state index in [4.69, 9.17) is 11.6 Å². The SMILES string of the molecule is CC(NC(=O)C=Cc1ccccc1)C(=O)N(C)Cc1ccccc1Cl. The van der Waals surface area contributed by atoms with E-state index >= 15 is 0 Å². The highest BCUT2D eigenvalue weighted by molar-refractivity contribution is 6.31. The summed E-state index contributed by atoms with van der Waals surface area (Å²) >= 11 is 6.12. The van der Waals surface area contributed by atoms with E-state index in [0.717, 1.165) is 11.1 Å². The highest BCUT2D eigenvalue weighted by atomic mass is 35.5. The normalized spacial score (nSPS) is 12.0. The molecule has 0 aromatic heterocycles. The fraction of sp³-hybridized carbons (Fsp3) is 0.200. The Morgan fingerprint density at radius 2 is 1.76 bits per heavy atom. The molecule has 0 saturated heterocycles. The van der Waals surface area contributed by atoms with Crippen molar-refractivity contribution in [2.24, 2.45) is 0 Å². The summed E-state index contributed by atoms with van der Waals surface area (Å²) in [5.41, 5.74) is 1.79. The van der Waals surface area contributed by atoms with Crippen LogP contribution in [-0.4, -0.2) is 29.8 Å². The molecular formula is C20H21ClN2O2. The van der Waals surface area contributed by atoms with E-state index in [-0.39, 0.29) is 11.8 Å². The Labute approximate surface area is 153 Å². The zero-order valence-corrected chi connectivity index (χ0v) is 15.0. The molecule has 0 radical (unpaired) electrons. The summed E-state index contributed by atoms with van der Waals surface area (Å²) in [5.74, 6) is -0.489. The van der Waals surface area contributed by atoms with Crippen LogP contribution in [0, 0.1) is 0 Å². The molecule has 0 bridgehead atoms. The lowest BCUT2D eigenvalue weighted by Crippen LogP contribution is -2.44. The minimum atomic E-state index is -0.625. The molecule has 2 aromatic rings. The van der Waals surface area contributed by atoms with E-state index in [9.17, 15) is 9.59 Å². The van der Waals surface area contributed by atoms with Crippen molar-refractivity contribution in [2.45, 2.75) is 19.5 Å². The Kier molecular flexibility index (Phi) is 6.78. The Balaban J connectivity index is 1.89. The molecule has 25 heavy (non-hydrogen) atoms. The van der Waals surface area contributed by atoms with E-state index in [0.29, 0.717) is 11.6 Å². The molecule has 1 atom stereocenters. The molecule has 0 aliphatic rings. The van der Waals surface area contributed by atoms with Gasteiger partial charge in [0.15, 0.2) is 0 Å². The molecule has 0 aliphatic heterocycles.